The topological polar surface area (TPSA) is 121 Å². The van der Waals surface area contributed by atoms with Crippen LogP contribution in [0.1, 0.15) is 24.0 Å². The summed E-state index contributed by atoms with van der Waals surface area (Å²) in [5.41, 5.74) is 7.52. The molecular weight excluding hydrogens is 535 g/mol. The van der Waals surface area contributed by atoms with Crippen LogP contribution < -0.4 is 11.1 Å². The summed E-state index contributed by atoms with van der Waals surface area (Å²) in [6.45, 7) is 0.614. The summed E-state index contributed by atoms with van der Waals surface area (Å²) in [6, 6.07) is 17.5. The second-order valence-corrected chi connectivity index (χ2v) is 9.80. The zero-order chi connectivity index (χ0) is 28.6. The Hall–Kier alpha value is -5.00. The lowest BCUT2D eigenvalue weighted by Crippen LogP contribution is -2.14. The van der Waals surface area contributed by atoms with Gasteiger partial charge in [-0.05, 0) is 48.6 Å². The third-order valence-electron chi connectivity index (χ3n) is 6.70. The van der Waals surface area contributed by atoms with Gasteiger partial charge in [0.05, 0.1) is 22.3 Å². The van der Waals surface area contributed by atoms with E-state index in [0.29, 0.717) is 34.8 Å². The Morgan fingerprint density at radius 3 is 2.59 bits per heavy atom. The highest BCUT2D eigenvalue weighted by Crippen LogP contribution is 2.39. The summed E-state index contributed by atoms with van der Waals surface area (Å²) in [5, 5.41) is 7.80. The molecule has 1 fully saturated rings. The van der Waals surface area contributed by atoms with E-state index in [9.17, 15) is 18.0 Å². The van der Waals surface area contributed by atoms with Gasteiger partial charge < -0.3 is 10.5 Å². The van der Waals surface area contributed by atoms with Crippen molar-refractivity contribution in [3.05, 3.63) is 84.1 Å². The number of pyridine rings is 1. The molecular formula is C29H24F3N7O2. The first-order chi connectivity index (χ1) is 19.7. The number of nitrogens with one attached hydrogen (secondary N) is 1. The van der Waals surface area contributed by atoms with Crippen LogP contribution >= 0.6 is 0 Å². The maximum absolute atomic E-state index is 13.6. The molecule has 3 aromatic heterocycles. The van der Waals surface area contributed by atoms with E-state index in [4.69, 9.17) is 15.5 Å². The molecule has 1 saturated carbocycles. The molecule has 3 heterocycles. The van der Waals surface area contributed by atoms with Crippen LogP contribution in [0.4, 0.5) is 29.7 Å². The maximum Gasteiger partial charge on any atom is 0.416 e. The Morgan fingerprint density at radius 2 is 1.85 bits per heavy atom. The van der Waals surface area contributed by atoms with E-state index in [1.165, 1.54) is 12.3 Å². The first-order valence-electron chi connectivity index (χ1n) is 12.9. The van der Waals surface area contributed by atoms with Gasteiger partial charge in [-0.25, -0.2) is 24.4 Å². The van der Waals surface area contributed by atoms with Gasteiger partial charge in [0.15, 0.2) is 11.5 Å². The average molecular weight is 560 g/mol. The smallest absolute Gasteiger partial charge is 0.416 e. The lowest BCUT2D eigenvalue weighted by Gasteiger charge is -2.13. The van der Waals surface area contributed by atoms with Crippen LogP contribution in [0.5, 0.6) is 0 Å². The second kappa shape index (κ2) is 10.5. The van der Waals surface area contributed by atoms with E-state index < -0.39 is 17.8 Å². The van der Waals surface area contributed by atoms with Crippen molar-refractivity contribution in [1.29, 1.82) is 0 Å². The average Bonchev–Trinajstić information content (AvgIpc) is 3.73. The Kier molecular flexibility index (Phi) is 6.73. The molecule has 0 radical (unpaired) electrons. The van der Waals surface area contributed by atoms with Crippen LogP contribution in [0.15, 0.2) is 72.9 Å². The zero-order valence-corrected chi connectivity index (χ0v) is 21.6. The van der Waals surface area contributed by atoms with E-state index in [2.05, 4.69) is 20.4 Å². The number of nitrogens with two attached hydrogens (primary N) is 1. The summed E-state index contributed by atoms with van der Waals surface area (Å²) in [5.74, 6) is 0.603. The van der Waals surface area contributed by atoms with Crippen LogP contribution in [0.3, 0.4) is 0 Å². The number of nitrogens with zero attached hydrogens (tertiary/aromatic N) is 5. The first kappa shape index (κ1) is 26.2. The minimum absolute atomic E-state index is 0.00939. The SMILES string of the molecule is Nc1nccc(-c2cc3c(NC(=O)OCc4ccccc4)nn(CC4CC4)c3nc2-c2cccc(C(F)(F)F)c2)n1. The van der Waals surface area contributed by atoms with Crippen LogP contribution in [-0.2, 0) is 24.1 Å². The number of anilines is 2. The van der Waals surface area contributed by atoms with E-state index in [0.717, 1.165) is 30.5 Å². The molecule has 1 amide bonds. The molecule has 1 aliphatic rings. The molecule has 0 spiro atoms. The van der Waals surface area contributed by atoms with E-state index in [-0.39, 0.29) is 29.6 Å². The van der Waals surface area contributed by atoms with E-state index in [1.807, 2.05) is 30.3 Å². The minimum Gasteiger partial charge on any atom is -0.444 e. The van der Waals surface area contributed by atoms with Gasteiger partial charge in [-0.1, -0.05) is 42.5 Å². The molecule has 41 heavy (non-hydrogen) atoms. The van der Waals surface area contributed by atoms with Gasteiger partial charge >= 0.3 is 12.3 Å². The molecule has 0 saturated heterocycles. The number of benzene rings is 2. The van der Waals surface area contributed by atoms with Gasteiger partial charge in [-0.15, -0.1) is 0 Å². The van der Waals surface area contributed by atoms with Crippen molar-refractivity contribution < 1.29 is 22.7 Å². The third kappa shape index (κ3) is 5.81. The van der Waals surface area contributed by atoms with Crippen molar-refractivity contribution in [2.24, 2.45) is 5.92 Å². The Balaban J connectivity index is 1.46. The fourth-order valence-electron chi connectivity index (χ4n) is 4.50. The van der Waals surface area contributed by atoms with Crippen LogP contribution in [0.25, 0.3) is 33.5 Å². The van der Waals surface area contributed by atoms with Crippen molar-refractivity contribution >= 4 is 28.9 Å². The zero-order valence-electron chi connectivity index (χ0n) is 21.6. The van der Waals surface area contributed by atoms with Gasteiger partial charge in [0, 0.05) is 23.9 Å². The highest BCUT2D eigenvalue weighted by Gasteiger charge is 2.31. The number of alkyl halides is 3. The number of fused-ring (bicyclic) bond motifs is 1. The summed E-state index contributed by atoms with van der Waals surface area (Å²) in [6.07, 6.45) is -1.73. The van der Waals surface area contributed by atoms with Crippen molar-refractivity contribution in [3.63, 3.8) is 0 Å². The molecule has 0 atom stereocenters. The molecule has 2 aromatic carbocycles. The lowest BCUT2D eigenvalue weighted by molar-refractivity contribution is -0.137. The predicted molar refractivity (Wildman–Crippen MR) is 146 cm³/mol. The second-order valence-electron chi connectivity index (χ2n) is 9.80. The molecule has 0 unspecified atom stereocenters. The molecule has 0 aliphatic heterocycles. The van der Waals surface area contributed by atoms with Crippen molar-refractivity contribution in [2.75, 3.05) is 11.1 Å². The third-order valence-corrected chi connectivity index (χ3v) is 6.70. The number of ether oxygens (including phenoxy) is 1. The summed E-state index contributed by atoms with van der Waals surface area (Å²) < 4.78 is 47.9. The largest absolute Gasteiger partial charge is 0.444 e. The molecule has 208 valence electrons. The van der Waals surface area contributed by atoms with Gasteiger partial charge in [0.25, 0.3) is 0 Å². The Morgan fingerprint density at radius 1 is 1.05 bits per heavy atom. The van der Waals surface area contributed by atoms with Crippen molar-refractivity contribution in [3.8, 4) is 22.5 Å². The van der Waals surface area contributed by atoms with Crippen molar-refractivity contribution in [2.45, 2.75) is 32.2 Å². The molecule has 9 nitrogen and oxygen atoms in total. The minimum atomic E-state index is -4.54. The maximum atomic E-state index is 13.6. The number of amides is 1. The van der Waals surface area contributed by atoms with E-state index >= 15 is 0 Å². The number of halogens is 3. The van der Waals surface area contributed by atoms with Gasteiger partial charge in [0.2, 0.25) is 5.95 Å². The Labute approximate surface area is 232 Å². The van der Waals surface area contributed by atoms with Crippen LogP contribution in [0.2, 0.25) is 0 Å². The predicted octanol–water partition coefficient (Wildman–Crippen LogP) is 6.32. The van der Waals surface area contributed by atoms with Crippen molar-refractivity contribution in [1.82, 2.24) is 24.7 Å². The number of aromatic nitrogens is 5. The molecule has 1 aliphatic carbocycles. The fourth-order valence-corrected chi connectivity index (χ4v) is 4.50. The summed E-state index contributed by atoms with van der Waals surface area (Å²) >= 11 is 0. The normalized spacial score (nSPS) is 13.3. The van der Waals surface area contributed by atoms with Gasteiger partial charge in [-0.3, -0.25) is 5.32 Å². The van der Waals surface area contributed by atoms with E-state index in [1.54, 1.807) is 22.9 Å². The standard InChI is InChI=1S/C29H24F3N7O2/c30-29(31,32)20-8-4-7-19(13-20)24-21(23-11-12-34-27(33)35-23)14-22-25(38-39(26(22)36-24)15-17-9-10-17)37-28(40)41-16-18-5-2-1-3-6-18/h1-8,11-14,17H,9-10,15-16H2,(H2,33,34,35)(H,37,38,40). The molecule has 6 rings (SSSR count). The van der Waals surface area contributed by atoms with Gasteiger partial charge in [-0.2, -0.15) is 18.3 Å². The monoisotopic (exact) mass is 559 g/mol. The number of hydrogen-bond donors (Lipinski definition) is 2. The molecule has 5 aromatic rings. The number of carbonyl (C=O) groups excluding carboxylic acids is 1. The first-order valence-corrected chi connectivity index (χ1v) is 12.9. The lowest BCUT2D eigenvalue weighted by atomic mass is 10.00. The van der Waals surface area contributed by atoms with Gasteiger partial charge in [0.1, 0.15) is 6.61 Å². The van der Waals surface area contributed by atoms with Crippen LogP contribution in [0, 0.1) is 5.92 Å². The highest BCUT2D eigenvalue weighted by atomic mass is 19.4. The number of rotatable bonds is 7. The number of carbonyl (C=O) groups is 1. The quantitative estimate of drug-likeness (QED) is 0.240. The summed E-state index contributed by atoms with van der Waals surface area (Å²) in [4.78, 5) is 25.8. The molecule has 12 heteroatoms. The molecule has 0 bridgehead atoms. The summed E-state index contributed by atoms with van der Waals surface area (Å²) in [7, 11) is 0. The highest BCUT2D eigenvalue weighted by molar-refractivity contribution is 6.00. The Bertz CT molecular complexity index is 1730. The molecule has 3 N–H and O–H groups in total. The fraction of sp³-hybridized carbons (Fsp3) is 0.207. The van der Waals surface area contributed by atoms with Crippen LogP contribution in [-0.4, -0.2) is 30.8 Å². The number of hydrogen-bond acceptors (Lipinski definition) is 7. The number of nitrogen functional groups attached to an aromatic ring is 1.